The molecule has 1 aromatic heterocycles. The summed E-state index contributed by atoms with van der Waals surface area (Å²) in [5.41, 5.74) is 2.86. The van der Waals surface area contributed by atoms with E-state index < -0.39 is 0 Å². The number of aromatic amines is 1. The minimum absolute atomic E-state index is 0.0783. The predicted octanol–water partition coefficient (Wildman–Crippen LogP) is 3.43. The van der Waals surface area contributed by atoms with Gasteiger partial charge in [-0.15, -0.1) is 0 Å². The van der Waals surface area contributed by atoms with E-state index in [9.17, 15) is 4.79 Å². The molecule has 0 fully saturated rings. The lowest BCUT2D eigenvalue weighted by Crippen LogP contribution is -2.30. The van der Waals surface area contributed by atoms with E-state index in [4.69, 9.17) is 0 Å². The van der Waals surface area contributed by atoms with E-state index in [0.29, 0.717) is 12.0 Å². The number of imidazole rings is 1. The molecule has 3 rings (SSSR count). The number of H-pyrrole nitrogens is 1. The maximum Gasteiger partial charge on any atom is 0.251 e. The number of nitrogens with one attached hydrogen (secondary N) is 2. The van der Waals surface area contributed by atoms with Gasteiger partial charge in [0.15, 0.2) is 0 Å². The monoisotopic (exact) mass is 305 g/mol. The molecular weight excluding hydrogens is 286 g/mol. The molecule has 2 N–H and O–H groups in total. The number of hydrogen-bond acceptors (Lipinski definition) is 2. The third kappa shape index (κ3) is 3.86. The molecular formula is C19H19N3O. The Morgan fingerprint density at radius 3 is 2.52 bits per heavy atom. The standard InChI is InChI=1S/C19H19N3O/c1-14-7-9-16(10-8-14)19(23)22-17(13-18-20-11-12-21-18)15-5-3-2-4-6-15/h2-12,17H,13H2,1H3,(H,20,21)(H,22,23)/t17-/m1/s1. The summed E-state index contributed by atoms with van der Waals surface area (Å²) in [6, 6.07) is 17.4. The summed E-state index contributed by atoms with van der Waals surface area (Å²) in [5.74, 6) is 0.772. The minimum atomic E-state index is -0.129. The summed E-state index contributed by atoms with van der Waals surface area (Å²) >= 11 is 0. The first-order valence-corrected chi connectivity index (χ1v) is 7.63. The second kappa shape index (κ2) is 6.92. The fourth-order valence-electron chi connectivity index (χ4n) is 2.49. The van der Waals surface area contributed by atoms with Crippen molar-refractivity contribution in [1.29, 1.82) is 0 Å². The number of hydrogen-bond donors (Lipinski definition) is 2. The molecule has 0 saturated carbocycles. The number of aromatic nitrogens is 2. The number of carbonyl (C=O) groups is 1. The Morgan fingerprint density at radius 1 is 1.13 bits per heavy atom. The number of nitrogens with zero attached hydrogens (tertiary/aromatic N) is 1. The van der Waals surface area contributed by atoms with E-state index in [1.54, 1.807) is 12.4 Å². The highest BCUT2D eigenvalue weighted by molar-refractivity contribution is 5.94. The molecule has 0 spiro atoms. The van der Waals surface area contributed by atoms with Gasteiger partial charge >= 0.3 is 0 Å². The highest BCUT2D eigenvalue weighted by Gasteiger charge is 2.17. The van der Waals surface area contributed by atoms with Gasteiger partial charge in [0.1, 0.15) is 5.82 Å². The second-order valence-corrected chi connectivity index (χ2v) is 5.54. The van der Waals surface area contributed by atoms with Crippen LogP contribution >= 0.6 is 0 Å². The summed E-state index contributed by atoms with van der Waals surface area (Å²) in [5, 5.41) is 3.11. The summed E-state index contributed by atoms with van der Waals surface area (Å²) in [7, 11) is 0. The molecule has 4 heteroatoms. The van der Waals surface area contributed by atoms with Crippen LogP contribution in [-0.4, -0.2) is 15.9 Å². The van der Waals surface area contributed by atoms with Crippen LogP contribution in [0.3, 0.4) is 0 Å². The van der Waals surface area contributed by atoms with E-state index in [1.807, 2.05) is 61.5 Å². The van der Waals surface area contributed by atoms with Crippen LogP contribution < -0.4 is 5.32 Å². The van der Waals surface area contributed by atoms with Crippen molar-refractivity contribution in [3.8, 4) is 0 Å². The zero-order chi connectivity index (χ0) is 16.1. The number of carbonyl (C=O) groups excluding carboxylic acids is 1. The fourth-order valence-corrected chi connectivity index (χ4v) is 2.49. The Bertz CT molecular complexity index is 749. The quantitative estimate of drug-likeness (QED) is 0.758. The Hall–Kier alpha value is -2.88. The van der Waals surface area contributed by atoms with Crippen molar-refractivity contribution in [3.63, 3.8) is 0 Å². The molecule has 0 unspecified atom stereocenters. The van der Waals surface area contributed by atoms with Crippen LogP contribution in [0.2, 0.25) is 0 Å². The third-order valence-electron chi connectivity index (χ3n) is 3.77. The topological polar surface area (TPSA) is 57.8 Å². The largest absolute Gasteiger partial charge is 0.349 e. The summed E-state index contributed by atoms with van der Waals surface area (Å²) < 4.78 is 0. The maximum atomic E-state index is 12.5. The molecule has 1 amide bonds. The zero-order valence-corrected chi connectivity index (χ0v) is 13.0. The third-order valence-corrected chi connectivity index (χ3v) is 3.77. The molecule has 4 nitrogen and oxygen atoms in total. The van der Waals surface area contributed by atoms with Crippen LogP contribution in [0, 0.1) is 6.92 Å². The van der Waals surface area contributed by atoms with Gasteiger partial charge < -0.3 is 10.3 Å². The number of rotatable bonds is 5. The van der Waals surface area contributed by atoms with Crippen molar-refractivity contribution < 1.29 is 4.79 Å². The summed E-state index contributed by atoms with van der Waals surface area (Å²) in [6.07, 6.45) is 4.13. The van der Waals surface area contributed by atoms with Crippen LogP contribution in [-0.2, 0) is 6.42 Å². The Kier molecular flexibility index (Phi) is 4.52. The summed E-state index contributed by atoms with van der Waals surface area (Å²) in [6.45, 7) is 2.01. The van der Waals surface area contributed by atoms with Gasteiger partial charge in [0.25, 0.3) is 5.91 Å². The molecule has 0 aliphatic carbocycles. The number of benzene rings is 2. The summed E-state index contributed by atoms with van der Waals surface area (Å²) in [4.78, 5) is 19.9. The van der Waals surface area contributed by atoms with Crippen molar-refractivity contribution in [3.05, 3.63) is 89.5 Å². The van der Waals surface area contributed by atoms with E-state index >= 15 is 0 Å². The number of amides is 1. The highest BCUT2D eigenvalue weighted by Crippen LogP contribution is 2.17. The van der Waals surface area contributed by atoms with Crippen LogP contribution in [0.15, 0.2) is 67.0 Å². The van der Waals surface area contributed by atoms with E-state index in [-0.39, 0.29) is 11.9 Å². The van der Waals surface area contributed by atoms with Crippen LogP contribution in [0.25, 0.3) is 0 Å². The molecule has 0 aliphatic heterocycles. The maximum absolute atomic E-state index is 12.5. The van der Waals surface area contributed by atoms with Crippen molar-refractivity contribution in [2.45, 2.75) is 19.4 Å². The average molecular weight is 305 g/mol. The van der Waals surface area contributed by atoms with Gasteiger partial charge in [-0.25, -0.2) is 4.98 Å². The smallest absolute Gasteiger partial charge is 0.251 e. The van der Waals surface area contributed by atoms with Gasteiger partial charge in [-0.05, 0) is 24.6 Å². The first kappa shape index (κ1) is 15.0. The first-order chi connectivity index (χ1) is 11.2. The molecule has 0 bridgehead atoms. The normalized spacial score (nSPS) is 11.9. The lowest BCUT2D eigenvalue weighted by molar-refractivity contribution is 0.0936. The van der Waals surface area contributed by atoms with Gasteiger partial charge in [0, 0.05) is 24.4 Å². The van der Waals surface area contributed by atoms with E-state index in [1.165, 1.54) is 0 Å². The highest BCUT2D eigenvalue weighted by atomic mass is 16.1. The van der Waals surface area contributed by atoms with Crippen LogP contribution in [0.5, 0.6) is 0 Å². The Labute approximate surface area is 135 Å². The number of aryl methyl sites for hydroxylation is 1. The molecule has 23 heavy (non-hydrogen) atoms. The van der Waals surface area contributed by atoms with E-state index in [2.05, 4.69) is 15.3 Å². The second-order valence-electron chi connectivity index (χ2n) is 5.54. The molecule has 1 heterocycles. The van der Waals surface area contributed by atoms with Crippen LogP contribution in [0.1, 0.15) is 33.4 Å². The van der Waals surface area contributed by atoms with Crippen LogP contribution in [0.4, 0.5) is 0 Å². The van der Waals surface area contributed by atoms with Crippen molar-refractivity contribution in [2.75, 3.05) is 0 Å². The van der Waals surface area contributed by atoms with Crippen molar-refractivity contribution in [2.24, 2.45) is 0 Å². The Morgan fingerprint density at radius 2 is 1.87 bits per heavy atom. The van der Waals surface area contributed by atoms with Gasteiger partial charge in [0.2, 0.25) is 0 Å². The average Bonchev–Trinajstić information content (AvgIpc) is 3.09. The lowest BCUT2D eigenvalue weighted by atomic mass is 10.0. The SMILES string of the molecule is Cc1ccc(C(=O)N[C@H](Cc2ncc[nH]2)c2ccccc2)cc1. The minimum Gasteiger partial charge on any atom is -0.349 e. The van der Waals surface area contributed by atoms with Gasteiger partial charge in [-0.1, -0.05) is 48.0 Å². The van der Waals surface area contributed by atoms with Crippen molar-refractivity contribution >= 4 is 5.91 Å². The molecule has 0 saturated heterocycles. The van der Waals surface area contributed by atoms with Crippen molar-refractivity contribution in [1.82, 2.24) is 15.3 Å². The van der Waals surface area contributed by atoms with E-state index in [0.717, 1.165) is 17.0 Å². The lowest BCUT2D eigenvalue weighted by Gasteiger charge is -2.18. The molecule has 0 radical (unpaired) electrons. The molecule has 3 aromatic rings. The fraction of sp³-hybridized carbons (Fsp3) is 0.158. The molecule has 1 atom stereocenters. The Balaban J connectivity index is 1.80. The predicted molar refractivity (Wildman–Crippen MR) is 90.1 cm³/mol. The zero-order valence-electron chi connectivity index (χ0n) is 13.0. The van der Waals surface area contributed by atoms with Gasteiger partial charge in [0.05, 0.1) is 6.04 Å². The molecule has 0 aliphatic rings. The first-order valence-electron chi connectivity index (χ1n) is 7.63. The molecule has 116 valence electrons. The van der Waals surface area contributed by atoms with Gasteiger partial charge in [-0.2, -0.15) is 0 Å². The molecule has 2 aromatic carbocycles. The van der Waals surface area contributed by atoms with Gasteiger partial charge in [-0.3, -0.25) is 4.79 Å².